The Morgan fingerprint density at radius 3 is 2.64 bits per heavy atom. The van der Waals surface area contributed by atoms with Crippen LogP contribution in [0.3, 0.4) is 0 Å². The molecule has 0 aliphatic rings. The van der Waals surface area contributed by atoms with Gasteiger partial charge in [-0.1, -0.05) is 11.6 Å². The molecule has 1 aromatic carbocycles. The second kappa shape index (κ2) is 5.14. The van der Waals surface area contributed by atoms with Gasteiger partial charge in [-0.25, -0.2) is 4.39 Å². The number of benzene rings is 1. The maximum absolute atomic E-state index is 12.7. The molecule has 0 heterocycles. The Hall–Kier alpha value is -0.840. The van der Waals surface area contributed by atoms with Crippen molar-refractivity contribution in [3.8, 4) is 0 Å². The highest BCUT2D eigenvalue weighted by Crippen LogP contribution is 2.22. The number of nitrogens with two attached hydrogens (primary N) is 1. The van der Waals surface area contributed by atoms with Crippen molar-refractivity contribution in [1.82, 2.24) is 0 Å². The summed E-state index contributed by atoms with van der Waals surface area (Å²) >= 11 is 5.63. The first kappa shape index (κ1) is 13.2. The Labute approximate surface area is 91.1 Å². The Morgan fingerprint density at radius 1 is 1.57 bits per heavy atom. The predicted molar refractivity (Wildman–Crippen MR) is 53.2 cm³/mol. The summed E-state index contributed by atoms with van der Waals surface area (Å²) in [6.07, 6.45) is 0. The summed E-state index contributed by atoms with van der Waals surface area (Å²) in [5.74, 6) is -1.80. The third-order valence-electron chi connectivity index (χ3n) is 1.56. The number of carboxylic acid groups (broad SMARTS) is 1. The molecule has 0 aromatic heterocycles. The molecule has 3 nitrogen and oxygen atoms in total. The van der Waals surface area contributed by atoms with Gasteiger partial charge < -0.3 is 10.8 Å². The molecule has 0 aliphatic carbocycles. The van der Waals surface area contributed by atoms with E-state index in [2.05, 4.69) is 0 Å². The lowest BCUT2D eigenvalue weighted by molar-refractivity contribution is -0.138. The largest absolute Gasteiger partial charge is 0.480 e. The number of rotatable bonds is 2. The molecule has 3 N–H and O–H groups in total. The van der Waals surface area contributed by atoms with Crippen LogP contribution < -0.4 is 5.73 Å². The summed E-state index contributed by atoms with van der Waals surface area (Å²) in [6, 6.07) is 2.14. The van der Waals surface area contributed by atoms with Crippen LogP contribution in [0.25, 0.3) is 0 Å². The monoisotopic (exact) mass is 239 g/mol. The van der Waals surface area contributed by atoms with Gasteiger partial charge in [0.05, 0.1) is 0 Å². The van der Waals surface area contributed by atoms with Crippen molar-refractivity contribution in [2.75, 3.05) is 0 Å². The molecular formula is C8H8Cl2FNO2. The fourth-order valence-electron chi connectivity index (χ4n) is 0.886. The van der Waals surface area contributed by atoms with E-state index in [-0.39, 0.29) is 23.0 Å². The molecular weight excluding hydrogens is 232 g/mol. The third kappa shape index (κ3) is 2.83. The van der Waals surface area contributed by atoms with Gasteiger partial charge in [0, 0.05) is 10.6 Å². The van der Waals surface area contributed by atoms with Gasteiger partial charge in [0.1, 0.15) is 11.9 Å². The quantitative estimate of drug-likeness (QED) is 0.830. The maximum Gasteiger partial charge on any atom is 0.325 e. The summed E-state index contributed by atoms with van der Waals surface area (Å²) in [4.78, 5) is 10.5. The zero-order valence-corrected chi connectivity index (χ0v) is 8.48. The van der Waals surface area contributed by atoms with Gasteiger partial charge in [0.25, 0.3) is 0 Å². The number of carboxylic acids is 1. The van der Waals surface area contributed by atoms with Crippen LogP contribution in [0.15, 0.2) is 18.2 Å². The lowest BCUT2D eigenvalue weighted by Gasteiger charge is -2.08. The van der Waals surface area contributed by atoms with Gasteiger partial charge in [-0.3, -0.25) is 4.79 Å². The van der Waals surface area contributed by atoms with Gasteiger partial charge >= 0.3 is 5.97 Å². The van der Waals surface area contributed by atoms with Crippen molar-refractivity contribution >= 4 is 30.0 Å². The minimum Gasteiger partial charge on any atom is -0.480 e. The molecule has 1 rings (SSSR count). The molecule has 1 aromatic rings. The summed E-state index contributed by atoms with van der Waals surface area (Å²) in [7, 11) is 0. The van der Waals surface area contributed by atoms with Crippen LogP contribution in [0.5, 0.6) is 0 Å². The van der Waals surface area contributed by atoms with Gasteiger partial charge in [-0.15, -0.1) is 12.4 Å². The Balaban J connectivity index is 0.00000169. The van der Waals surface area contributed by atoms with Crippen molar-refractivity contribution in [2.24, 2.45) is 5.73 Å². The van der Waals surface area contributed by atoms with E-state index in [1.807, 2.05) is 0 Å². The fourth-order valence-corrected chi connectivity index (χ4v) is 1.12. The summed E-state index contributed by atoms with van der Waals surface area (Å²) in [5, 5.41) is 8.69. The molecule has 0 spiro atoms. The molecule has 0 unspecified atom stereocenters. The molecule has 0 amide bonds. The van der Waals surface area contributed by atoms with Crippen molar-refractivity contribution in [3.63, 3.8) is 0 Å². The second-order valence-corrected chi connectivity index (χ2v) is 2.89. The van der Waals surface area contributed by atoms with Crippen LogP contribution in [-0.4, -0.2) is 11.1 Å². The van der Waals surface area contributed by atoms with E-state index < -0.39 is 17.8 Å². The minimum absolute atomic E-state index is 0. The SMILES string of the molecule is Cl.N[C@@H](C(=O)O)c1cc(F)ccc1Cl. The highest BCUT2D eigenvalue weighted by Gasteiger charge is 2.17. The molecule has 0 radical (unpaired) electrons. The Kier molecular flexibility index (Phi) is 4.83. The lowest BCUT2D eigenvalue weighted by Crippen LogP contribution is -2.21. The molecule has 6 heteroatoms. The first-order valence-electron chi connectivity index (χ1n) is 3.45. The van der Waals surface area contributed by atoms with Crippen LogP contribution in [0, 0.1) is 5.82 Å². The molecule has 0 fully saturated rings. The van der Waals surface area contributed by atoms with Crippen molar-refractivity contribution in [2.45, 2.75) is 6.04 Å². The summed E-state index contributed by atoms with van der Waals surface area (Å²) in [5.41, 5.74) is 5.33. The van der Waals surface area contributed by atoms with Crippen LogP contribution in [0.2, 0.25) is 5.02 Å². The summed E-state index contributed by atoms with van der Waals surface area (Å²) in [6.45, 7) is 0. The first-order valence-corrected chi connectivity index (χ1v) is 3.83. The van der Waals surface area contributed by atoms with E-state index in [9.17, 15) is 9.18 Å². The number of aliphatic carboxylic acids is 1. The number of hydrogen-bond donors (Lipinski definition) is 2. The molecule has 1 atom stereocenters. The minimum atomic E-state index is -1.29. The number of hydrogen-bond acceptors (Lipinski definition) is 2. The average Bonchev–Trinajstić information content (AvgIpc) is 2.08. The Bertz CT molecular complexity index is 346. The standard InChI is InChI=1S/C8H7ClFNO2.ClH/c9-6-2-1-4(10)3-5(6)7(11)8(12)13;/h1-3,7H,11H2,(H,12,13);1H/t7-;/m1./s1. The highest BCUT2D eigenvalue weighted by molar-refractivity contribution is 6.31. The molecule has 0 saturated carbocycles. The maximum atomic E-state index is 12.7. The second-order valence-electron chi connectivity index (χ2n) is 2.48. The van der Waals surface area contributed by atoms with Crippen LogP contribution in [-0.2, 0) is 4.79 Å². The average molecular weight is 240 g/mol. The third-order valence-corrected chi connectivity index (χ3v) is 1.90. The van der Waals surface area contributed by atoms with Crippen molar-refractivity contribution < 1.29 is 14.3 Å². The lowest BCUT2D eigenvalue weighted by atomic mass is 10.1. The molecule has 14 heavy (non-hydrogen) atoms. The van der Waals surface area contributed by atoms with Gasteiger partial charge in [0.15, 0.2) is 0 Å². The molecule has 0 bridgehead atoms. The first-order chi connectivity index (χ1) is 6.02. The van der Waals surface area contributed by atoms with Crippen molar-refractivity contribution in [1.29, 1.82) is 0 Å². The van der Waals surface area contributed by atoms with Gasteiger partial charge in [-0.05, 0) is 18.2 Å². The molecule has 0 saturated heterocycles. The van der Waals surface area contributed by atoms with Crippen molar-refractivity contribution in [3.05, 3.63) is 34.6 Å². The normalized spacial score (nSPS) is 11.6. The van der Waals surface area contributed by atoms with E-state index in [1.165, 1.54) is 6.07 Å². The van der Waals surface area contributed by atoms with Gasteiger partial charge in [0.2, 0.25) is 0 Å². The van der Waals surface area contributed by atoms with E-state index in [0.717, 1.165) is 12.1 Å². The number of carbonyl (C=O) groups is 1. The van der Waals surface area contributed by atoms with Crippen LogP contribution >= 0.6 is 24.0 Å². The topological polar surface area (TPSA) is 63.3 Å². The fraction of sp³-hybridized carbons (Fsp3) is 0.125. The summed E-state index contributed by atoms with van der Waals surface area (Å²) < 4.78 is 12.7. The molecule has 0 aliphatic heterocycles. The van der Waals surface area contributed by atoms with E-state index in [1.54, 1.807) is 0 Å². The van der Waals surface area contributed by atoms with E-state index >= 15 is 0 Å². The van der Waals surface area contributed by atoms with Crippen LogP contribution in [0.4, 0.5) is 4.39 Å². The van der Waals surface area contributed by atoms with E-state index in [4.69, 9.17) is 22.4 Å². The smallest absolute Gasteiger partial charge is 0.325 e. The van der Waals surface area contributed by atoms with Gasteiger partial charge in [-0.2, -0.15) is 0 Å². The predicted octanol–water partition coefficient (Wildman–Crippen LogP) is 1.99. The van der Waals surface area contributed by atoms with Crippen LogP contribution in [0.1, 0.15) is 11.6 Å². The highest BCUT2D eigenvalue weighted by atomic mass is 35.5. The zero-order valence-electron chi connectivity index (χ0n) is 6.91. The van der Waals surface area contributed by atoms with E-state index in [0.29, 0.717) is 0 Å². The zero-order chi connectivity index (χ0) is 10.0. The molecule has 78 valence electrons. The number of halogens is 3. The Morgan fingerprint density at radius 2 is 2.14 bits per heavy atom.